The average Bonchev–Trinajstić information content (AvgIpc) is 2.69. The van der Waals surface area contributed by atoms with Crippen LogP contribution in [0.15, 0.2) is 48.0 Å². The smallest absolute Gasteiger partial charge is 0.266 e. The third kappa shape index (κ3) is 6.13. The minimum Gasteiger partial charge on any atom is -0.490 e. The van der Waals surface area contributed by atoms with Gasteiger partial charge in [0.05, 0.1) is 13.2 Å². The standard InChI is InChI=1S/C22H23FN2O3/c1-3-5-12-28-20-11-6-16(14-21(20)27-4-2)13-17(15-24)22(26)25-19-9-7-18(23)8-10-19/h6-11,13-14H,3-5,12H2,1-2H3,(H,25,26)/b17-13+. The Morgan fingerprint density at radius 3 is 2.54 bits per heavy atom. The van der Waals surface area contributed by atoms with Crippen molar-refractivity contribution < 1.29 is 18.7 Å². The van der Waals surface area contributed by atoms with Crippen molar-refractivity contribution in [2.24, 2.45) is 0 Å². The van der Waals surface area contributed by atoms with Gasteiger partial charge in [0.2, 0.25) is 0 Å². The number of nitrogens with one attached hydrogen (secondary N) is 1. The molecule has 1 amide bonds. The second-order valence-corrected chi connectivity index (χ2v) is 5.97. The van der Waals surface area contributed by atoms with Crippen molar-refractivity contribution >= 4 is 17.7 Å². The summed E-state index contributed by atoms with van der Waals surface area (Å²) in [5.74, 6) is 0.208. The summed E-state index contributed by atoms with van der Waals surface area (Å²) in [6.45, 7) is 5.01. The Morgan fingerprint density at radius 2 is 1.89 bits per heavy atom. The van der Waals surface area contributed by atoms with E-state index in [2.05, 4.69) is 12.2 Å². The van der Waals surface area contributed by atoms with Gasteiger partial charge in [-0.05, 0) is 61.4 Å². The molecule has 6 heteroatoms. The fourth-order valence-electron chi connectivity index (χ4n) is 2.38. The summed E-state index contributed by atoms with van der Waals surface area (Å²) in [4.78, 5) is 12.3. The van der Waals surface area contributed by atoms with Crippen LogP contribution in [-0.2, 0) is 4.79 Å². The summed E-state index contributed by atoms with van der Waals surface area (Å²) in [5.41, 5.74) is 0.964. The van der Waals surface area contributed by atoms with E-state index < -0.39 is 11.7 Å². The van der Waals surface area contributed by atoms with Crippen molar-refractivity contribution in [3.05, 3.63) is 59.4 Å². The number of nitrogens with zero attached hydrogens (tertiary/aromatic N) is 1. The van der Waals surface area contributed by atoms with Gasteiger partial charge in [0.25, 0.3) is 5.91 Å². The predicted octanol–water partition coefficient (Wildman–Crippen LogP) is 4.95. The number of hydrogen-bond acceptors (Lipinski definition) is 4. The van der Waals surface area contributed by atoms with Crippen molar-refractivity contribution in [1.29, 1.82) is 5.26 Å². The number of carbonyl (C=O) groups is 1. The van der Waals surface area contributed by atoms with Gasteiger partial charge in [0.1, 0.15) is 17.5 Å². The third-order valence-electron chi connectivity index (χ3n) is 3.80. The molecule has 2 aromatic carbocycles. The van der Waals surface area contributed by atoms with Crippen molar-refractivity contribution in [2.75, 3.05) is 18.5 Å². The van der Waals surface area contributed by atoms with Crippen LogP contribution in [0.5, 0.6) is 11.5 Å². The number of nitriles is 1. The molecule has 1 N–H and O–H groups in total. The molecule has 28 heavy (non-hydrogen) atoms. The molecule has 0 heterocycles. The first-order valence-electron chi connectivity index (χ1n) is 9.15. The molecule has 0 fully saturated rings. The first-order chi connectivity index (χ1) is 13.6. The molecule has 0 spiro atoms. The SMILES string of the molecule is CCCCOc1ccc(/C=C(\C#N)C(=O)Nc2ccc(F)cc2)cc1OCC. The quantitative estimate of drug-likeness (QED) is 0.378. The zero-order valence-corrected chi connectivity index (χ0v) is 16.0. The Morgan fingerprint density at radius 1 is 1.14 bits per heavy atom. The van der Waals surface area contributed by atoms with Crippen LogP contribution in [0.25, 0.3) is 6.08 Å². The van der Waals surface area contributed by atoms with Gasteiger partial charge in [-0.2, -0.15) is 5.26 Å². The highest BCUT2D eigenvalue weighted by molar-refractivity contribution is 6.09. The van der Waals surface area contributed by atoms with E-state index in [0.29, 0.717) is 36.0 Å². The maximum Gasteiger partial charge on any atom is 0.266 e. The topological polar surface area (TPSA) is 71.3 Å². The van der Waals surface area contributed by atoms with Gasteiger partial charge in [-0.15, -0.1) is 0 Å². The molecule has 0 bridgehead atoms. The van der Waals surface area contributed by atoms with E-state index in [4.69, 9.17) is 9.47 Å². The lowest BCUT2D eigenvalue weighted by Crippen LogP contribution is -2.13. The maximum atomic E-state index is 13.0. The zero-order valence-electron chi connectivity index (χ0n) is 16.0. The Labute approximate surface area is 164 Å². The number of halogens is 1. The number of ether oxygens (including phenoxy) is 2. The lowest BCUT2D eigenvalue weighted by atomic mass is 10.1. The maximum absolute atomic E-state index is 13.0. The lowest BCUT2D eigenvalue weighted by molar-refractivity contribution is -0.112. The molecule has 2 aromatic rings. The predicted molar refractivity (Wildman–Crippen MR) is 107 cm³/mol. The number of anilines is 1. The zero-order chi connectivity index (χ0) is 20.4. The van der Waals surface area contributed by atoms with E-state index >= 15 is 0 Å². The Balaban J connectivity index is 2.19. The number of hydrogen-bond donors (Lipinski definition) is 1. The summed E-state index contributed by atoms with van der Waals surface area (Å²) in [7, 11) is 0. The van der Waals surface area contributed by atoms with Crippen molar-refractivity contribution in [3.63, 3.8) is 0 Å². The Hall–Kier alpha value is -3.33. The van der Waals surface area contributed by atoms with Gasteiger partial charge in [0, 0.05) is 5.69 Å². The van der Waals surface area contributed by atoms with Crippen LogP contribution < -0.4 is 14.8 Å². The molecule has 146 valence electrons. The Bertz CT molecular complexity index is 870. The molecule has 0 aliphatic carbocycles. The number of unbranched alkanes of at least 4 members (excludes halogenated alkanes) is 1. The molecule has 0 saturated heterocycles. The van der Waals surface area contributed by atoms with E-state index in [1.54, 1.807) is 18.2 Å². The highest BCUT2D eigenvalue weighted by Gasteiger charge is 2.11. The fraction of sp³-hybridized carbons (Fsp3) is 0.273. The molecule has 0 radical (unpaired) electrons. The van der Waals surface area contributed by atoms with Crippen molar-refractivity contribution in [2.45, 2.75) is 26.7 Å². The van der Waals surface area contributed by atoms with Crippen molar-refractivity contribution in [1.82, 2.24) is 0 Å². The van der Waals surface area contributed by atoms with Gasteiger partial charge >= 0.3 is 0 Å². The summed E-state index contributed by atoms with van der Waals surface area (Å²) < 4.78 is 24.3. The molecule has 0 saturated carbocycles. The Kier molecular flexibility index (Phi) is 8.04. The van der Waals surface area contributed by atoms with Crippen molar-refractivity contribution in [3.8, 4) is 17.6 Å². The van der Waals surface area contributed by atoms with Crippen LogP contribution >= 0.6 is 0 Å². The molecule has 5 nitrogen and oxygen atoms in total. The third-order valence-corrected chi connectivity index (χ3v) is 3.80. The summed E-state index contributed by atoms with van der Waals surface area (Å²) >= 11 is 0. The monoisotopic (exact) mass is 382 g/mol. The van der Waals surface area contributed by atoms with Gasteiger partial charge in [-0.25, -0.2) is 4.39 Å². The molecule has 0 aliphatic rings. The normalized spacial score (nSPS) is 10.9. The second kappa shape index (κ2) is 10.7. The first-order valence-corrected chi connectivity index (χ1v) is 9.15. The largest absolute Gasteiger partial charge is 0.490 e. The van der Waals surface area contributed by atoms with Crippen LogP contribution in [-0.4, -0.2) is 19.1 Å². The molecule has 0 atom stereocenters. The highest BCUT2D eigenvalue weighted by Crippen LogP contribution is 2.29. The number of carbonyl (C=O) groups excluding carboxylic acids is 1. The van der Waals surface area contributed by atoms with Gasteiger partial charge in [-0.1, -0.05) is 19.4 Å². The highest BCUT2D eigenvalue weighted by atomic mass is 19.1. The summed E-state index contributed by atoms with van der Waals surface area (Å²) in [6, 6.07) is 12.5. The minimum absolute atomic E-state index is 0.0774. The van der Waals surface area contributed by atoms with E-state index in [0.717, 1.165) is 12.8 Å². The van der Waals surface area contributed by atoms with Crippen LogP contribution in [0.2, 0.25) is 0 Å². The van der Waals surface area contributed by atoms with Gasteiger partial charge < -0.3 is 14.8 Å². The molecule has 0 aliphatic heterocycles. The molecular weight excluding hydrogens is 359 g/mol. The number of amides is 1. The summed E-state index contributed by atoms with van der Waals surface area (Å²) in [6.07, 6.45) is 3.44. The van der Waals surface area contributed by atoms with E-state index in [1.807, 2.05) is 13.0 Å². The van der Waals surface area contributed by atoms with E-state index in [9.17, 15) is 14.4 Å². The first kappa shape index (κ1) is 21.0. The average molecular weight is 382 g/mol. The molecular formula is C22H23FN2O3. The molecule has 0 unspecified atom stereocenters. The van der Waals surface area contributed by atoms with Crippen LogP contribution in [0.4, 0.5) is 10.1 Å². The molecule has 0 aromatic heterocycles. The van der Waals surface area contributed by atoms with Gasteiger partial charge in [0.15, 0.2) is 11.5 Å². The van der Waals surface area contributed by atoms with Crippen LogP contribution in [0.1, 0.15) is 32.3 Å². The van der Waals surface area contributed by atoms with Crippen LogP contribution in [0.3, 0.4) is 0 Å². The van der Waals surface area contributed by atoms with E-state index in [-0.39, 0.29) is 5.57 Å². The second-order valence-electron chi connectivity index (χ2n) is 5.97. The van der Waals surface area contributed by atoms with Crippen LogP contribution in [0, 0.1) is 17.1 Å². The number of benzene rings is 2. The molecule has 2 rings (SSSR count). The van der Waals surface area contributed by atoms with E-state index in [1.165, 1.54) is 30.3 Å². The fourth-order valence-corrected chi connectivity index (χ4v) is 2.38. The number of rotatable bonds is 9. The lowest BCUT2D eigenvalue weighted by Gasteiger charge is -2.12. The van der Waals surface area contributed by atoms with Gasteiger partial charge in [-0.3, -0.25) is 4.79 Å². The minimum atomic E-state index is -0.574. The summed E-state index contributed by atoms with van der Waals surface area (Å²) in [5, 5.41) is 11.9.